The van der Waals surface area contributed by atoms with Gasteiger partial charge in [0, 0.05) is 6.61 Å². The SMILES string of the molecule is NC1(C(=O)NC2CCCOC2)CCCC1. The van der Waals surface area contributed by atoms with E-state index in [2.05, 4.69) is 5.32 Å². The maximum Gasteiger partial charge on any atom is 0.240 e. The van der Waals surface area contributed by atoms with Crippen molar-refractivity contribution in [2.24, 2.45) is 5.73 Å². The van der Waals surface area contributed by atoms with Crippen LogP contribution in [-0.2, 0) is 9.53 Å². The van der Waals surface area contributed by atoms with Crippen molar-refractivity contribution in [3.8, 4) is 0 Å². The van der Waals surface area contributed by atoms with Crippen LogP contribution in [0.3, 0.4) is 0 Å². The molecule has 0 bridgehead atoms. The summed E-state index contributed by atoms with van der Waals surface area (Å²) in [7, 11) is 0. The Morgan fingerprint density at radius 1 is 1.33 bits per heavy atom. The third-order valence-corrected chi connectivity index (χ3v) is 3.44. The lowest BCUT2D eigenvalue weighted by atomic mass is 9.97. The molecule has 1 unspecified atom stereocenters. The van der Waals surface area contributed by atoms with E-state index < -0.39 is 5.54 Å². The molecular weight excluding hydrogens is 192 g/mol. The van der Waals surface area contributed by atoms with Crippen LogP contribution in [0, 0.1) is 0 Å². The van der Waals surface area contributed by atoms with Gasteiger partial charge in [-0.25, -0.2) is 0 Å². The molecule has 1 aliphatic heterocycles. The molecule has 0 spiro atoms. The number of carbonyl (C=O) groups excluding carboxylic acids is 1. The van der Waals surface area contributed by atoms with Gasteiger partial charge in [-0.15, -0.1) is 0 Å². The molecule has 0 radical (unpaired) electrons. The van der Waals surface area contributed by atoms with Crippen LogP contribution in [-0.4, -0.2) is 30.7 Å². The topological polar surface area (TPSA) is 64.4 Å². The summed E-state index contributed by atoms with van der Waals surface area (Å²) in [6.07, 6.45) is 5.85. The van der Waals surface area contributed by atoms with E-state index in [1.54, 1.807) is 0 Å². The first-order valence-electron chi connectivity index (χ1n) is 5.88. The first kappa shape index (κ1) is 10.9. The minimum absolute atomic E-state index is 0.0236. The van der Waals surface area contributed by atoms with Crippen molar-refractivity contribution < 1.29 is 9.53 Å². The Labute approximate surface area is 90.5 Å². The lowest BCUT2D eigenvalue weighted by molar-refractivity contribution is -0.127. The van der Waals surface area contributed by atoms with Gasteiger partial charge in [0.2, 0.25) is 5.91 Å². The predicted octanol–water partition coefficient (Wildman–Crippen LogP) is 0.553. The van der Waals surface area contributed by atoms with E-state index >= 15 is 0 Å². The lowest BCUT2D eigenvalue weighted by Crippen LogP contribution is -2.55. The Kier molecular flexibility index (Phi) is 3.26. The molecule has 2 fully saturated rings. The van der Waals surface area contributed by atoms with Gasteiger partial charge in [0.15, 0.2) is 0 Å². The largest absolute Gasteiger partial charge is 0.379 e. The highest BCUT2D eigenvalue weighted by atomic mass is 16.5. The van der Waals surface area contributed by atoms with E-state index in [0.29, 0.717) is 6.61 Å². The molecule has 1 atom stereocenters. The fourth-order valence-corrected chi connectivity index (χ4v) is 2.42. The molecule has 2 rings (SSSR count). The minimum atomic E-state index is -0.600. The second-order valence-corrected chi connectivity index (χ2v) is 4.75. The van der Waals surface area contributed by atoms with Crippen LogP contribution < -0.4 is 11.1 Å². The van der Waals surface area contributed by atoms with Crippen molar-refractivity contribution in [1.29, 1.82) is 0 Å². The monoisotopic (exact) mass is 212 g/mol. The summed E-state index contributed by atoms with van der Waals surface area (Å²) in [4.78, 5) is 11.9. The lowest BCUT2D eigenvalue weighted by Gasteiger charge is -2.28. The zero-order valence-corrected chi connectivity index (χ0v) is 9.13. The normalized spacial score (nSPS) is 30.1. The van der Waals surface area contributed by atoms with Crippen LogP contribution in [0.1, 0.15) is 38.5 Å². The average molecular weight is 212 g/mol. The fourth-order valence-electron chi connectivity index (χ4n) is 2.42. The van der Waals surface area contributed by atoms with E-state index in [0.717, 1.165) is 45.1 Å². The molecule has 0 aromatic heterocycles. The minimum Gasteiger partial charge on any atom is -0.379 e. The van der Waals surface area contributed by atoms with Gasteiger partial charge < -0.3 is 15.8 Å². The summed E-state index contributed by atoms with van der Waals surface area (Å²) in [6.45, 7) is 1.46. The molecule has 2 aliphatic rings. The Balaban J connectivity index is 1.85. The highest BCUT2D eigenvalue weighted by molar-refractivity contribution is 5.86. The number of ether oxygens (including phenoxy) is 1. The van der Waals surface area contributed by atoms with Gasteiger partial charge in [0.05, 0.1) is 18.2 Å². The van der Waals surface area contributed by atoms with Crippen molar-refractivity contribution in [1.82, 2.24) is 5.32 Å². The molecule has 1 saturated carbocycles. The van der Waals surface area contributed by atoms with E-state index in [1.165, 1.54) is 0 Å². The van der Waals surface area contributed by atoms with Crippen LogP contribution in [0.4, 0.5) is 0 Å². The highest BCUT2D eigenvalue weighted by Crippen LogP contribution is 2.27. The van der Waals surface area contributed by atoms with E-state index in [9.17, 15) is 4.79 Å². The van der Waals surface area contributed by atoms with Crippen molar-refractivity contribution in [3.63, 3.8) is 0 Å². The van der Waals surface area contributed by atoms with Gasteiger partial charge in [0.25, 0.3) is 0 Å². The van der Waals surface area contributed by atoms with E-state index in [-0.39, 0.29) is 11.9 Å². The van der Waals surface area contributed by atoms with Crippen LogP contribution in [0.15, 0.2) is 0 Å². The maximum absolute atomic E-state index is 11.9. The van der Waals surface area contributed by atoms with Gasteiger partial charge in [-0.1, -0.05) is 12.8 Å². The number of carbonyl (C=O) groups is 1. The maximum atomic E-state index is 11.9. The summed E-state index contributed by atoms with van der Waals surface area (Å²) in [5, 5.41) is 3.01. The molecular formula is C11H20N2O2. The van der Waals surface area contributed by atoms with E-state index in [1.807, 2.05) is 0 Å². The molecule has 1 aliphatic carbocycles. The van der Waals surface area contributed by atoms with Crippen LogP contribution in [0.25, 0.3) is 0 Å². The van der Waals surface area contributed by atoms with Gasteiger partial charge in [-0.05, 0) is 25.7 Å². The Hall–Kier alpha value is -0.610. The summed E-state index contributed by atoms with van der Waals surface area (Å²) in [5.41, 5.74) is 5.47. The second kappa shape index (κ2) is 4.49. The Morgan fingerprint density at radius 2 is 2.07 bits per heavy atom. The summed E-state index contributed by atoms with van der Waals surface area (Å²) < 4.78 is 5.32. The zero-order valence-electron chi connectivity index (χ0n) is 9.13. The van der Waals surface area contributed by atoms with Gasteiger partial charge in [-0.3, -0.25) is 4.79 Å². The molecule has 15 heavy (non-hydrogen) atoms. The molecule has 1 amide bonds. The first-order valence-corrected chi connectivity index (χ1v) is 5.88. The van der Waals surface area contributed by atoms with Crippen molar-refractivity contribution in [2.75, 3.05) is 13.2 Å². The summed E-state index contributed by atoms with van der Waals surface area (Å²) in [5.74, 6) is 0.0236. The number of hydrogen-bond donors (Lipinski definition) is 2. The molecule has 4 heteroatoms. The molecule has 0 aromatic carbocycles. The molecule has 3 N–H and O–H groups in total. The molecule has 4 nitrogen and oxygen atoms in total. The third kappa shape index (κ3) is 2.49. The summed E-state index contributed by atoms with van der Waals surface area (Å²) in [6, 6.07) is 0.173. The predicted molar refractivity (Wildman–Crippen MR) is 57.4 cm³/mol. The number of nitrogens with two attached hydrogens (primary N) is 1. The average Bonchev–Trinajstić information content (AvgIpc) is 2.68. The highest BCUT2D eigenvalue weighted by Gasteiger charge is 2.37. The zero-order chi connectivity index (χ0) is 10.7. The number of amides is 1. The van der Waals surface area contributed by atoms with Crippen LogP contribution >= 0.6 is 0 Å². The number of nitrogens with one attached hydrogen (secondary N) is 1. The van der Waals surface area contributed by atoms with Crippen molar-refractivity contribution in [3.05, 3.63) is 0 Å². The van der Waals surface area contributed by atoms with Crippen LogP contribution in [0.5, 0.6) is 0 Å². The van der Waals surface area contributed by atoms with Crippen molar-refractivity contribution in [2.45, 2.75) is 50.1 Å². The molecule has 0 aromatic rings. The standard InChI is InChI=1S/C11H20N2O2/c12-11(5-1-2-6-11)10(14)13-9-4-3-7-15-8-9/h9H,1-8,12H2,(H,13,14). The fraction of sp³-hybridized carbons (Fsp3) is 0.909. The molecule has 1 saturated heterocycles. The van der Waals surface area contributed by atoms with Crippen LogP contribution in [0.2, 0.25) is 0 Å². The Morgan fingerprint density at radius 3 is 2.67 bits per heavy atom. The first-order chi connectivity index (χ1) is 7.21. The molecule has 86 valence electrons. The van der Waals surface area contributed by atoms with E-state index in [4.69, 9.17) is 10.5 Å². The number of rotatable bonds is 2. The summed E-state index contributed by atoms with van der Waals surface area (Å²) >= 11 is 0. The van der Waals surface area contributed by atoms with Gasteiger partial charge >= 0.3 is 0 Å². The molecule has 1 heterocycles. The quantitative estimate of drug-likeness (QED) is 0.702. The number of hydrogen-bond acceptors (Lipinski definition) is 3. The smallest absolute Gasteiger partial charge is 0.240 e. The third-order valence-electron chi connectivity index (χ3n) is 3.44. The van der Waals surface area contributed by atoms with Crippen molar-refractivity contribution >= 4 is 5.91 Å². The second-order valence-electron chi connectivity index (χ2n) is 4.75. The van der Waals surface area contributed by atoms with Gasteiger partial charge in [0.1, 0.15) is 0 Å². The van der Waals surface area contributed by atoms with Gasteiger partial charge in [-0.2, -0.15) is 0 Å². The Bertz CT molecular complexity index is 231.